The quantitative estimate of drug-likeness (QED) is 0.384. The van der Waals surface area contributed by atoms with Gasteiger partial charge in [-0.1, -0.05) is 25.1 Å². The fourth-order valence-corrected chi connectivity index (χ4v) is 4.62. The molecule has 2 atom stereocenters. The van der Waals surface area contributed by atoms with Crippen molar-refractivity contribution in [2.24, 2.45) is 0 Å². The van der Waals surface area contributed by atoms with Gasteiger partial charge in [-0.05, 0) is 25.5 Å². The number of hydrogen-bond acceptors (Lipinski definition) is 7. The van der Waals surface area contributed by atoms with Crippen LogP contribution in [0.5, 0.6) is 0 Å². The van der Waals surface area contributed by atoms with E-state index >= 15 is 0 Å². The Morgan fingerprint density at radius 3 is 2.71 bits per heavy atom. The Labute approximate surface area is 192 Å². The molecule has 10 nitrogen and oxygen atoms in total. The van der Waals surface area contributed by atoms with Crippen molar-refractivity contribution in [1.82, 2.24) is 14.9 Å². The SMILES string of the molecule is CC[C@@]1(O)C(=O)OCc2c1cc1n(c2=O)Cc2c-1nc1ccccc1c2C(=O)NC(C)C(=O)O. The standard InChI is InChI=1S/C24H21N3O7/c1-3-24(33)15-8-17-19-13(9-27(17)21(29)14(15)10-34-23(24)32)18(20(28)25-11(2)22(30)31)12-6-4-5-7-16(12)26-19/h4-8,11,33H,3,9-10H2,1-2H3,(H,25,28)(H,30,31)/t11?,24-/m0/s1. The maximum absolute atomic E-state index is 13.4. The number of para-hydroxylation sites is 1. The summed E-state index contributed by atoms with van der Waals surface area (Å²) in [5.41, 5.74) is -0.147. The summed E-state index contributed by atoms with van der Waals surface area (Å²) in [4.78, 5) is 54.9. The predicted octanol–water partition coefficient (Wildman–Crippen LogP) is 1.28. The first-order valence-electron chi connectivity index (χ1n) is 10.8. The highest BCUT2D eigenvalue weighted by molar-refractivity contribution is 6.10. The molecule has 0 spiro atoms. The molecule has 4 heterocycles. The first-order chi connectivity index (χ1) is 16.2. The molecule has 0 aliphatic carbocycles. The number of aliphatic carboxylic acids is 1. The molecule has 5 rings (SSSR count). The maximum Gasteiger partial charge on any atom is 0.343 e. The molecule has 1 unspecified atom stereocenters. The van der Waals surface area contributed by atoms with Gasteiger partial charge in [0.15, 0.2) is 5.60 Å². The molecular weight excluding hydrogens is 442 g/mol. The van der Waals surface area contributed by atoms with Gasteiger partial charge in [0.05, 0.1) is 34.6 Å². The summed E-state index contributed by atoms with van der Waals surface area (Å²) in [6, 6.07) is 7.36. The molecule has 0 fully saturated rings. The average molecular weight is 463 g/mol. The van der Waals surface area contributed by atoms with Crippen LogP contribution >= 0.6 is 0 Å². The maximum atomic E-state index is 13.4. The number of aliphatic hydroxyl groups is 1. The number of carbonyl (C=O) groups excluding carboxylic acids is 2. The normalized spacial score (nSPS) is 19.1. The third-order valence-electron chi connectivity index (χ3n) is 6.54. The molecular formula is C24H21N3O7. The van der Waals surface area contributed by atoms with E-state index in [-0.39, 0.29) is 36.3 Å². The van der Waals surface area contributed by atoms with Gasteiger partial charge in [-0.15, -0.1) is 0 Å². The van der Waals surface area contributed by atoms with Gasteiger partial charge >= 0.3 is 11.9 Å². The van der Waals surface area contributed by atoms with Gasteiger partial charge in [0.1, 0.15) is 12.6 Å². The Hall–Kier alpha value is -4.05. The van der Waals surface area contributed by atoms with E-state index in [2.05, 4.69) is 10.3 Å². The van der Waals surface area contributed by atoms with Crippen molar-refractivity contribution in [3.63, 3.8) is 0 Å². The van der Waals surface area contributed by atoms with Crippen molar-refractivity contribution in [1.29, 1.82) is 0 Å². The lowest BCUT2D eigenvalue weighted by Gasteiger charge is -2.31. The second-order valence-electron chi connectivity index (χ2n) is 8.47. The van der Waals surface area contributed by atoms with Crippen molar-refractivity contribution in [2.75, 3.05) is 0 Å². The number of esters is 1. The first kappa shape index (κ1) is 21.8. The van der Waals surface area contributed by atoms with Crippen LogP contribution in [-0.4, -0.2) is 43.7 Å². The summed E-state index contributed by atoms with van der Waals surface area (Å²) < 4.78 is 6.51. The molecule has 0 radical (unpaired) electrons. The van der Waals surface area contributed by atoms with Gasteiger partial charge in [-0.3, -0.25) is 14.4 Å². The van der Waals surface area contributed by atoms with Gasteiger partial charge in [0.2, 0.25) is 0 Å². The summed E-state index contributed by atoms with van der Waals surface area (Å²) in [6.45, 7) is 2.74. The number of nitrogens with one attached hydrogen (secondary N) is 1. The minimum atomic E-state index is -1.96. The summed E-state index contributed by atoms with van der Waals surface area (Å²) in [7, 11) is 0. The molecule has 34 heavy (non-hydrogen) atoms. The van der Waals surface area contributed by atoms with E-state index in [1.165, 1.54) is 11.5 Å². The van der Waals surface area contributed by atoms with E-state index in [4.69, 9.17) is 4.74 Å². The number of pyridine rings is 2. The Morgan fingerprint density at radius 1 is 1.26 bits per heavy atom. The Bertz CT molecular complexity index is 1480. The number of carboxylic acids is 1. The molecule has 10 heteroatoms. The van der Waals surface area contributed by atoms with Crippen LogP contribution in [0.2, 0.25) is 0 Å². The molecule has 3 aromatic rings. The number of carboxylic acid groups (broad SMARTS) is 1. The second-order valence-corrected chi connectivity index (χ2v) is 8.47. The third kappa shape index (κ3) is 2.95. The summed E-state index contributed by atoms with van der Waals surface area (Å²) >= 11 is 0. The van der Waals surface area contributed by atoms with Gasteiger partial charge in [0.25, 0.3) is 11.5 Å². The van der Waals surface area contributed by atoms with E-state index < -0.39 is 35.0 Å². The minimum absolute atomic E-state index is 0.0144. The van der Waals surface area contributed by atoms with Crippen LogP contribution < -0.4 is 10.9 Å². The second kappa shape index (κ2) is 7.49. The molecule has 2 aliphatic rings. The number of hydrogen-bond donors (Lipinski definition) is 3. The number of amides is 1. The summed E-state index contributed by atoms with van der Waals surface area (Å²) in [6.07, 6.45) is 0.0144. The van der Waals surface area contributed by atoms with Crippen molar-refractivity contribution >= 4 is 28.7 Å². The highest BCUT2D eigenvalue weighted by Gasteiger charge is 2.45. The van der Waals surface area contributed by atoms with Gasteiger partial charge in [-0.25, -0.2) is 9.78 Å². The number of fused-ring (bicyclic) bond motifs is 5. The number of rotatable bonds is 4. The fraction of sp³-hybridized carbons (Fsp3) is 0.292. The van der Waals surface area contributed by atoms with Crippen LogP contribution in [0.4, 0.5) is 0 Å². The lowest BCUT2D eigenvalue weighted by atomic mass is 9.86. The summed E-state index contributed by atoms with van der Waals surface area (Å²) in [5, 5.41) is 23.3. The molecule has 3 N–H and O–H groups in total. The molecule has 0 saturated heterocycles. The Kier molecular flexibility index (Phi) is 4.80. The van der Waals surface area contributed by atoms with Crippen molar-refractivity contribution < 1.29 is 29.3 Å². The van der Waals surface area contributed by atoms with E-state index in [0.29, 0.717) is 27.9 Å². The molecule has 1 aromatic carbocycles. The zero-order valence-corrected chi connectivity index (χ0v) is 18.4. The topological polar surface area (TPSA) is 148 Å². The lowest BCUT2D eigenvalue weighted by Crippen LogP contribution is -2.44. The lowest BCUT2D eigenvalue weighted by molar-refractivity contribution is -0.172. The van der Waals surface area contributed by atoms with Crippen LogP contribution in [0.15, 0.2) is 35.1 Å². The third-order valence-corrected chi connectivity index (χ3v) is 6.54. The highest BCUT2D eigenvalue weighted by atomic mass is 16.6. The van der Waals surface area contributed by atoms with Crippen LogP contribution in [0.1, 0.15) is 47.3 Å². The number of cyclic esters (lactones) is 1. The number of ether oxygens (including phenoxy) is 1. The largest absolute Gasteiger partial charge is 0.480 e. The Morgan fingerprint density at radius 2 is 2.00 bits per heavy atom. The number of aromatic nitrogens is 2. The first-order valence-corrected chi connectivity index (χ1v) is 10.8. The van der Waals surface area contributed by atoms with E-state index in [9.17, 15) is 29.4 Å². The zero-order chi connectivity index (χ0) is 24.4. The van der Waals surface area contributed by atoms with E-state index in [0.717, 1.165) is 0 Å². The molecule has 0 bridgehead atoms. The fourth-order valence-electron chi connectivity index (χ4n) is 4.62. The van der Waals surface area contributed by atoms with Crippen molar-refractivity contribution in [3.05, 3.63) is 62.9 Å². The predicted molar refractivity (Wildman–Crippen MR) is 119 cm³/mol. The molecule has 0 saturated carbocycles. The Balaban J connectivity index is 1.77. The minimum Gasteiger partial charge on any atom is -0.480 e. The van der Waals surface area contributed by atoms with Gasteiger partial charge in [0, 0.05) is 16.5 Å². The molecule has 2 aliphatic heterocycles. The van der Waals surface area contributed by atoms with E-state index in [1.807, 2.05) is 0 Å². The monoisotopic (exact) mass is 463 g/mol. The van der Waals surface area contributed by atoms with Crippen LogP contribution in [-0.2, 0) is 33.1 Å². The van der Waals surface area contributed by atoms with Crippen LogP contribution in [0, 0.1) is 0 Å². The van der Waals surface area contributed by atoms with E-state index in [1.54, 1.807) is 37.3 Å². The molecule has 2 aromatic heterocycles. The highest BCUT2D eigenvalue weighted by Crippen LogP contribution is 2.40. The van der Waals surface area contributed by atoms with Crippen LogP contribution in [0.25, 0.3) is 22.3 Å². The van der Waals surface area contributed by atoms with Crippen LogP contribution in [0.3, 0.4) is 0 Å². The van der Waals surface area contributed by atoms with Crippen molar-refractivity contribution in [2.45, 2.75) is 45.1 Å². The van der Waals surface area contributed by atoms with Crippen molar-refractivity contribution in [3.8, 4) is 11.4 Å². The molecule has 174 valence electrons. The van der Waals surface area contributed by atoms with Gasteiger partial charge < -0.3 is 24.8 Å². The number of benzene rings is 1. The zero-order valence-electron chi connectivity index (χ0n) is 18.4. The summed E-state index contributed by atoms with van der Waals surface area (Å²) in [5.74, 6) is -2.60. The average Bonchev–Trinajstić information content (AvgIpc) is 3.18. The van der Waals surface area contributed by atoms with Gasteiger partial charge in [-0.2, -0.15) is 0 Å². The number of nitrogens with zero attached hydrogens (tertiary/aromatic N) is 2. The smallest absolute Gasteiger partial charge is 0.343 e. The molecule has 1 amide bonds. The number of carbonyl (C=O) groups is 3.